The highest BCUT2D eigenvalue weighted by atomic mass is 19.1. The van der Waals surface area contributed by atoms with E-state index in [-0.39, 0.29) is 11.4 Å². The molecule has 1 aromatic carbocycles. The number of para-hydroxylation sites is 1. The van der Waals surface area contributed by atoms with Crippen molar-refractivity contribution in [1.82, 2.24) is 25.1 Å². The summed E-state index contributed by atoms with van der Waals surface area (Å²) >= 11 is 0. The Hall–Kier alpha value is -4.47. The van der Waals surface area contributed by atoms with Gasteiger partial charge in [-0.05, 0) is 30.3 Å². The lowest BCUT2D eigenvalue weighted by atomic mass is 9.99. The van der Waals surface area contributed by atoms with Gasteiger partial charge in [-0.15, -0.1) is 0 Å². The molecule has 0 fully saturated rings. The maximum absolute atomic E-state index is 13.3. The van der Waals surface area contributed by atoms with Gasteiger partial charge in [0, 0.05) is 49.1 Å². The lowest BCUT2D eigenvalue weighted by Crippen LogP contribution is -2.23. The van der Waals surface area contributed by atoms with Crippen LogP contribution in [-0.2, 0) is 13.6 Å². The average Bonchev–Trinajstić information content (AvgIpc) is 3.20. The number of rotatable bonds is 5. The standard InChI is InChI=1S/C24H23FN8O/c1-26-24(34)17-8-10-20(29-19-9-7-15(25)11-27-19)30-23(17)28-18-6-4-5-16-21-14(13-33(3)31-21)12-32(2)22(16)18/h4-11,13H,12H2,1-3H3,(H,26,34)(H2,27,28,29,30)/i1D3. The lowest BCUT2D eigenvalue weighted by molar-refractivity contribution is 0.0963. The van der Waals surface area contributed by atoms with Crippen molar-refractivity contribution in [2.24, 2.45) is 7.05 Å². The number of amides is 1. The number of carbonyl (C=O) groups is 1. The molecule has 10 heteroatoms. The van der Waals surface area contributed by atoms with Crippen molar-refractivity contribution in [2.75, 3.05) is 29.6 Å². The summed E-state index contributed by atoms with van der Waals surface area (Å²) in [6.45, 7) is -2.04. The van der Waals surface area contributed by atoms with Gasteiger partial charge in [0.05, 0.1) is 28.8 Å². The maximum atomic E-state index is 13.3. The summed E-state index contributed by atoms with van der Waals surface area (Å²) in [5.74, 6) is -0.503. The van der Waals surface area contributed by atoms with E-state index in [4.69, 9.17) is 4.11 Å². The number of carbonyl (C=O) groups excluding carboxylic acids is 1. The first-order chi connectivity index (χ1) is 17.6. The maximum Gasteiger partial charge on any atom is 0.254 e. The van der Waals surface area contributed by atoms with Crippen LogP contribution in [0.4, 0.5) is 33.2 Å². The Kier molecular flexibility index (Phi) is 4.49. The van der Waals surface area contributed by atoms with Crippen LogP contribution < -0.4 is 20.9 Å². The normalized spacial score (nSPS) is 13.7. The predicted octanol–water partition coefficient (Wildman–Crippen LogP) is 3.81. The molecule has 4 heterocycles. The fourth-order valence-corrected chi connectivity index (χ4v) is 4.04. The number of benzene rings is 1. The number of hydrogen-bond donors (Lipinski definition) is 3. The molecular weight excluding hydrogens is 435 g/mol. The molecule has 0 aliphatic carbocycles. The van der Waals surface area contributed by atoms with Crippen LogP contribution in [0.2, 0.25) is 0 Å². The summed E-state index contributed by atoms with van der Waals surface area (Å²) in [7, 11) is 3.82. The van der Waals surface area contributed by atoms with Crippen molar-refractivity contribution in [3.05, 3.63) is 71.8 Å². The number of anilines is 5. The third kappa shape index (κ3) is 3.90. The molecule has 3 aromatic heterocycles. The largest absolute Gasteiger partial charge is 0.368 e. The smallest absolute Gasteiger partial charge is 0.254 e. The van der Waals surface area contributed by atoms with E-state index in [1.165, 1.54) is 24.3 Å². The van der Waals surface area contributed by atoms with Crippen molar-refractivity contribution in [1.29, 1.82) is 0 Å². The van der Waals surface area contributed by atoms with Gasteiger partial charge in [0.1, 0.15) is 23.3 Å². The predicted molar refractivity (Wildman–Crippen MR) is 129 cm³/mol. The highest BCUT2D eigenvalue weighted by Gasteiger charge is 2.26. The van der Waals surface area contributed by atoms with Gasteiger partial charge in [-0.2, -0.15) is 5.10 Å². The monoisotopic (exact) mass is 461 g/mol. The Bertz CT molecular complexity index is 1490. The van der Waals surface area contributed by atoms with E-state index in [9.17, 15) is 9.18 Å². The zero-order valence-corrected chi connectivity index (χ0v) is 18.4. The van der Waals surface area contributed by atoms with Gasteiger partial charge in [-0.25, -0.2) is 14.4 Å². The van der Waals surface area contributed by atoms with Crippen LogP contribution in [0.15, 0.2) is 54.9 Å². The molecule has 172 valence electrons. The Labute approximate surface area is 199 Å². The number of aromatic nitrogens is 4. The first kappa shape index (κ1) is 18.0. The minimum absolute atomic E-state index is 0.0309. The SMILES string of the molecule is [2H]C([2H])([2H])NC(=O)c1ccc(Nc2ccc(F)cn2)nc1Nc1cccc2c1N(C)Cc1cn(C)nc1-2. The molecule has 4 aromatic rings. The molecule has 1 aliphatic heterocycles. The van der Waals surface area contributed by atoms with Crippen LogP contribution in [0.5, 0.6) is 0 Å². The van der Waals surface area contributed by atoms with Crippen molar-refractivity contribution in [3.63, 3.8) is 0 Å². The van der Waals surface area contributed by atoms with E-state index in [0.29, 0.717) is 23.9 Å². The van der Waals surface area contributed by atoms with Gasteiger partial charge >= 0.3 is 0 Å². The fourth-order valence-electron chi connectivity index (χ4n) is 4.04. The van der Waals surface area contributed by atoms with Crippen LogP contribution in [-0.4, -0.2) is 39.7 Å². The van der Waals surface area contributed by atoms with Gasteiger partial charge in [0.2, 0.25) is 0 Å². The fraction of sp³-hybridized carbons (Fsp3) is 0.167. The van der Waals surface area contributed by atoms with Gasteiger partial charge in [-0.3, -0.25) is 9.48 Å². The van der Waals surface area contributed by atoms with Gasteiger partial charge in [-0.1, -0.05) is 12.1 Å². The van der Waals surface area contributed by atoms with Crippen LogP contribution in [0.25, 0.3) is 11.3 Å². The topological polar surface area (TPSA) is 100 Å². The van der Waals surface area contributed by atoms with Crippen LogP contribution in [0, 0.1) is 5.82 Å². The summed E-state index contributed by atoms with van der Waals surface area (Å²) < 4.78 is 37.3. The molecule has 3 N–H and O–H groups in total. The summed E-state index contributed by atoms with van der Waals surface area (Å²) in [6.07, 6.45) is 3.05. The minimum atomic E-state index is -2.68. The molecule has 0 saturated heterocycles. The molecule has 9 nitrogen and oxygen atoms in total. The number of halogens is 1. The summed E-state index contributed by atoms with van der Waals surface area (Å²) in [5.41, 5.74) is 4.41. The van der Waals surface area contributed by atoms with Crippen molar-refractivity contribution < 1.29 is 13.3 Å². The molecule has 0 unspecified atom stereocenters. The van der Waals surface area contributed by atoms with Crippen molar-refractivity contribution in [2.45, 2.75) is 6.54 Å². The van der Waals surface area contributed by atoms with E-state index < -0.39 is 18.7 Å². The zero-order chi connectivity index (χ0) is 26.3. The number of fused-ring (bicyclic) bond motifs is 3. The van der Waals surface area contributed by atoms with Gasteiger partial charge in [0.25, 0.3) is 5.91 Å². The first-order valence-electron chi connectivity index (χ1n) is 11.9. The summed E-state index contributed by atoms with van der Waals surface area (Å²) in [6, 6.07) is 11.4. The van der Waals surface area contributed by atoms with Gasteiger partial charge in [0.15, 0.2) is 0 Å². The molecule has 1 amide bonds. The molecule has 0 radical (unpaired) electrons. The number of nitrogens with zero attached hydrogens (tertiary/aromatic N) is 5. The number of hydrogen-bond acceptors (Lipinski definition) is 7. The summed E-state index contributed by atoms with van der Waals surface area (Å²) in [5, 5.41) is 12.8. The number of nitrogens with one attached hydrogen (secondary N) is 3. The van der Waals surface area contributed by atoms with Crippen LogP contribution >= 0.6 is 0 Å². The minimum Gasteiger partial charge on any atom is -0.368 e. The molecule has 5 rings (SSSR count). The van der Waals surface area contributed by atoms with E-state index in [0.717, 1.165) is 28.7 Å². The lowest BCUT2D eigenvalue weighted by Gasteiger charge is -2.29. The highest BCUT2D eigenvalue weighted by Crippen LogP contribution is 2.43. The van der Waals surface area contributed by atoms with Crippen LogP contribution in [0.1, 0.15) is 20.0 Å². The molecular formula is C24H23FN8O. The average molecular weight is 462 g/mol. The Morgan fingerprint density at radius 3 is 2.76 bits per heavy atom. The molecule has 0 saturated carbocycles. The number of aryl methyl sites for hydroxylation is 1. The second kappa shape index (κ2) is 8.47. The number of pyridine rings is 2. The van der Waals surface area contributed by atoms with Gasteiger partial charge < -0.3 is 20.9 Å². The molecule has 0 bridgehead atoms. The second-order valence-electron chi connectivity index (χ2n) is 7.89. The van der Waals surface area contributed by atoms with Crippen molar-refractivity contribution in [3.8, 4) is 11.3 Å². The summed E-state index contributed by atoms with van der Waals surface area (Å²) in [4.78, 5) is 23.4. The molecule has 34 heavy (non-hydrogen) atoms. The second-order valence-corrected chi connectivity index (χ2v) is 7.89. The zero-order valence-electron chi connectivity index (χ0n) is 21.4. The third-order valence-corrected chi connectivity index (χ3v) is 5.47. The Morgan fingerprint density at radius 1 is 1.12 bits per heavy atom. The third-order valence-electron chi connectivity index (χ3n) is 5.47. The molecule has 0 spiro atoms. The Balaban J connectivity index is 1.56. The van der Waals surface area contributed by atoms with E-state index >= 15 is 0 Å². The quantitative estimate of drug-likeness (QED) is 0.416. The molecule has 1 aliphatic rings. The van der Waals surface area contributed by atoms with E-state index in [2.05, 4.69) is 30.6 Å². The molecule has 0 atom stereocenters. The van der Waals surface area contributed by atoms with E-state index in [1.807, 2.05) is 43.8 Å². The van der Waals surface area contributed by atoms with Crippen LogP contribution in [0.3, 0.4) is 0 Å². The Morgan fingerprint density at radius 2 is 1.97 bits per heavy atom. The highest BCUT2D eigenvalue weighted by molar-refractivity contribution is 6.01. The first-order valence-corrected chi connectivity index (χ1v) is 10.4. The van der Waals surface area contributed by atoms with E-state index in [1.54, 1.807) is 4.68 Å². The van der Waals surface area contributed by atoms with Crippen molar-refractivity contribution >= 4 is 34.7 Å².